The molecule has 0 saturated heterocycles. The molecule has 2 fully saturated rings. The van der Waals surface area contributed by atoms with Crippen molar-refractivity contribution in [3.05, 3.63) is 29.3 Å². The molecule has 0 aliphatic heterocycles. The minimum Gasteiger partial charge on any atom is -0.508 e. The molecule has 0 heterocycles. The van der Waals surface area contributed by atoms with E-state index in [-0.39, 0.29) is 17.5 Å². The highest BCUT2D eigenvalue weighted by Gasteiger charge is 2.57. The van der Waals surface area contributed by atoms with Gasteiger partial charge in [-0.15, -0.1) is 0 Å². The summed E-state index contributed by atoms with van der Waals surface area (Å²) in [6, 6.07) is 5.99. The van der Waals surface area contributed by atoms with Crippen molar-refractivity contribution in [2.45, 2.75) is 167 Å². The van der Waals surface area contributed by atoms with Gasteiger partial charge in [0.15, 0.2) is 0 Å². The first-order valence-corrected chi connectivity index (χ1v) is 18.0. The standard InChI is InChI=1S/C38H62O4/c1-4-5-6-7-8-9-10-11-12-13-14-15-16-17-18-19-37(40)42-36-23-22-35-34-26-29(28-41-3)33-27-30(39)20-21-31(33)32(34)24-25-38(35,36)2/h20-21,27,29,32,34-36,39H,4-19,22-26,28H2,1-3H3/t29?,32-,34-,35+,36+,38+/m1/s1. The number of esters is 1. The van der Waals surface area contributed by atoms with Gasteiger partial charge in [-0.3, -0.25) is 4.79 Å². The highest BCUT2D eigenvalue weighted by Crippen LogP contribution is 2.63. The van der Waals surface area contributed by atoms with E-state index in [2.05, 4.69) is 19.9 Å². The zero-order valence-electron chi connectivity index (χ0n) is 27.3. The molecule has 0 bridgehead atoms. The van der Waals surface area contributed by atoms with Gasteiger partial charge >= 0.3 is 5.97 Å². The van der Waals surface area contributed by atoms with Crippen molar-refractivity contribution in [1.29, 1.82) is 0 Å². The maximum atomic E-state index is 12.9. The average molecular weight is 583 g/mol. The Kier molecular flexibility index (Phi) is 13.6. The summed E-state index contributed by atoms with van der Waals surface area (Å²) in [5.74, 6) is 2.44. The predicted molar refractivity (Wildman–Crippen MR) is 173 cm³/mol. The minimum atomic E-state index is 0.0282. The Morgan fingerprint density at radius 2 is 1.48 bits per heavy atom. The second kappa shape index (κ2) is 17.1. The molecule has 4 rings (SSSR count). The summed E-state index contributed by atoms with van der Waals surface area (Å²) in [5.41, 5.74) is 2.78. The summed E-state index contributed by atoms with van der Waals surface area (Å²) in [4.78, 5) is 12.9. The van der Waals surface area contributed by atoms with Crippen LogP contribution in [0.3, 0.4) is 0 Å². The molecule has 3 aliphatic rings. The zero-order valence-corrected chi connectivity index (χ0v) is 27.3. The topological polar surface area (TPSA) is 55.8 Å². The largest absolute Gasteiger partial charge is 0.508 e. The molecule has 0 spiro atoms. The monoisotopic (exact) mass is 582 g/mol. The summed E-state index contributed by atoms with van der Waals surface area (Å²) in [7, 11) is 1.78. The third-order valence-corrected chi connectivity index (χ3v) is 11.4. The molecule has 1 aromatic rings. The van der Waals surface area contributed by atoms with E-state index in [4.69, 9.17) is 9.47 Å². The number of carbonyl (C=O) groups is 1. The molecule has 4 nitrogen and oxygen atoms in total. The van der Waals surface area contributed by atoms with E-state index in [1.807, 2.05) is 12.1 Å². The van der Waals surface area contributed by atoms with Crippen LogP contribution in [0.4, 0.5) is 0 Å². The number of fused-ring (bicyclic) bond motifs is 5. The van der Waals surface area contributed by atoms with Crippen LogP contribution in [0.15, 0.2) is 18.2 Å². The highest BCUT2D eigenvalue weighted by atomic mass is 16.5. The summed E-state index contributed by atoms with van der Waals surface area (Å²) < 4.78 is 11.9. The van der Waals surface area contributed by atoms with Crippen LogP contribution in [0, 0.1) is 17.3 Å². The third-order valence-electron chi connectivity index (χ3n) is 11.4. The first kappa shape index (κ1) is 33.3. The van der Waals surface area contributed by atoms with Crippen molar-refractivity contribution >= 4 is 5.97 Å². The van der Waals surface area contributed by atoms with Gasteiger partial charge in [0.25, 0.3) is 0 Å². The lowest BCUT2D eigenvalue weighted by molar-refractivity contribution is -0.157. The highest BCUT2D eigenvalue weighted by molar-refractivity contribution is 5.69. The van der Waals surface area contributed by atoms with Gasteiger partial charge in [-0.25, -0.2) is 0 Å². The van der Waals surface area contributed by atoms with Crippen LogP contribution in [-0.2, 0) is 14.3 Å². The summed E-state index contributed by atoms with van der Waals surface area (Å²) in [5, 5.41) is 10.2. The van der Waals surface area contributed by atoms with Crippen LogP contribution in [0.25, 0.3) is 0 Å². The van der Waals surface area contributed by atoms with E-state index in [9.17, 15) is 9.90 Å². The van der Waals surface area contributed by atoms with Gasteiger partial charge < -0.3 is 14.6 Å². The lowest BCUT2D eigenvalue weighted by Gasteiger charge is -2.51. The number of ether oxygens (including phenoxy) is 2. The second-order valence-corrected chi connectivity index (χ2v) is 14.4. The fourth-order valence-electron chi connectivity index (χ4n) is 9.07. The number of aromatic hydroxyl groups is 1. The molecule has 238 valence electrons. The van der Waals surface area contributed by atoms with Crippen LogP contribution in [-0.4, -0.2) is 30.9 Å². The number of phenolic OH excluding ortho intramolecular Hbond substituents is 1. The molecule has 42 heavy (non-hydrogen) atoms. The normalized spacial score (nSPS) is 28.2. The van der Waals surface area contributed by atoms with Gasteiger partial charge in [0.05, 0.1) is 6.61 Å². The molecule has 0 amide bonds. The fourth-order valence-corrected chi connectivity index (χ4v) is 9.07. The molecule has 1 aromatic carbocycles. The maximum Gasteiger partial charge on any atom is 0.306 e. The molecular formula is C38H62O4. The van der Waals surface area contributed by atoms with E-state index < -0.39 is 0 Å². The Hall–Kier alpha value is -1.55. The summed E-state index contributed by atoms with van der Waals surface area (Å²) in [6.45, 7) is 5.39. The van der Waals surface area contributed by atoms with E-state index >= 15 is 0 Å². The average Bonchev–Trinajstić information content (AvgIpc) is 3.31. The molecule has 1 unspecified atom stereocenters. The van der Waals surface area contributed by atoms with Crippen molar-refractivity contribution in [3.8, 4) is 5.75 Å². The number of benzene rings is 1. The van der Waals surface area contributed by atoms with Gasteiger partial charge in [-0.1, -0.05) is 110 Å². The predicted octanol–water partition coefficient (Wildman–Crippen LogP) is 10.6. The Morgan fingerprint density at radius 1 is 0.857 bits per heavy atom. The third kappa shape index (κ3) is 8.76. The molecule has 1 N–H and O–H groups in total. The quantitative estimate of drug-likeness (QED) is 0.130. The number of rotatable bonds is 19. The number of carbonyl (C=O) groups excluding carboxylic acids is 1. The van der Waals surface area contributed by atoms with Gasteiger partial charge in [-0.05, 0) is 79.5 Å². The Morgan fingerprint density at radius 3 is 2.10 bits per heavy atom. The Labute approximate surface area is 257 Å². The van der Waals surface area contributed by atoms with Crippen molar-refractivity contribution in [1.82, 2.24) is 0 Å². The van der Waals surface area contributed by atoms with Crippen LogP contribution >= 0.6 is 0 Å². The second-order valence-electron chi connectivity index (χ2n) is 14.4. The number of unbranched alkanes of at least 4 members (excludes halogenated alkanes) is 14. The first-order chi connectivity index (χ1) is 20.5. The van der Waals surface area contributed by atoms with E-state index in [0.29, 0.717) is 42.4 Å². The van der Waals surface area contributed by atoms with E-state index in [1.54, 1.807) is 7.11 Å². The van der Waals surface area contributed by atoms with Gasteiger partial charge in [-0.2, -0.15) is 0 Å². The molecule has 0 radical (unpaired) electrons. The fraction of sp³-hybridized carbons (Fsp3) is 0.816. The number of hydrogen-bond donors (Lipinski definition) is 1. The molecule has 0 aromatic heterocycles. The SMILES string of the molecule is CCCCCCCCCCCCCCCCCC(=O)O[C@H]1CC[C@H]2[C@@H]3CC(COC)c4cc(O)ccc4[C@H]3CC[C@]12C. The van der Waals surface area contributed by atoms with Crippen molar-refractivity contribution in [3.63, 3.8) is 0 Å². The molecule has 2 saturated carbocycles. The smallest absolute Gasteiger partial charge is 0.306 e. The van der Waals surface area contributed by atoms with Crippen molar-refractivity contribution in [2.24, 2.45) is 17.3 Å². The summed E-state index contributed by atoms with van der Waals surface area (Å²) >= 11 is 0. The van der Waals surface area contributed by atoms with Gasteiger partial charge in [0, 0.05) is 24.9 Å². The number of hydrogen-bond acceptors (Lipinski definition) is 4. The zero-order chi connectivity index (χ0) is 29.8. The van der Waals surface area contributed by atoms with Crippen LogP contribution < -0.4 is 0 Å². The minimum absolute atomic E-state index is 0.0282. The van der Waals surface area contributed by atoms with E-state index in [1.165, 1.54) is 94.6 Å². The molecular weight excluding hydrogens is 520 g/mol. The van der Waals surface area contributed by atoms with Crippen LogP contribution in [0.1, 0.15) is 172 Å². The van der Waals surface area contributed by atoms with Crippen LogP contribution in [0.5, 0.6) is 5.75 Å². The lowest BCUT2D eigenvalue weighted by atomic mass is 9.54. The first-order valence-electron chi connectivity index (χ1n) is 18.0. The molecule has 4 heteroatoms. The Balaban J connectivity index is 1.12. The van der Waals surface area contributed by atoms with Gasteiger partial charge in [0.2, 0.25) is 0 Å². The molecule has 6 atom stereocenters. The number of methoxy groups -OCH3 is 1. The molecule has 3 aliphatic carbocycles. The van der Waals surface area contributed by atoms with E-state index in [0.717, 1.165) is 44.9 Å². The Bertz CT molecular complexity index is 943. The number of phenols is 1. The van der Waals surface area contributed by atoms with Crippen molar-refractivity contribution < 1.29 is 19.4 Å². The summed E-state index contributed by atoms with van der Waals surface area (Å²) in [6.07, 6.45) is 26.3. The lowest BCUT2D eigenvalue weighted by Crippen LogP contribution is -2.46. The van der Waals surface area contributed by atoms with Crippen LogP contribution in [0.2, 0.25) is 0 Å². The maximum absolute atomic E-state index is 12.9. The van der Waals surface area contributed by atoms with Crippen molar-refractivity contribution in [2.75, 3.05) is 13.7 Å². The van der Waals surface area contributed by atoms with Gasteiger partial charge in [0.1, 0.15) is 11.9 Å².